The highest BCUT2D eigenvalue weighted by atomic mass is 16.2. The minimum atomic E-state index is -0.342. The normalized spacial score (nSPS) is 20.8. The van der Waals surface area contributed by atoms with Crippen molar-refractivity contribution in [3.63, 3.8) is 0 Å². The third-order valence-corrected chi connectivity index (χ3v) is 2.89. The van der Waals surface area contributed by atoms with Gasteiger partial charge in [0, 0.05) is 20.0 Å². The lowest BCUT2D eigenvalue weighted by atomic mass is 9.93. The van der Waals surface area contributed by atoms with E-state index in [1.807, 2.05) is 13.8 Å². The molecule has 0 aromatic carbocycles. The van der Waals surface area contributed by atoms with Crippen LogP contribution in [0.2, 0.25) is 0 Å². The highest BCUT2D eigenvalue weighted by Crippen LogP contribution is 2.16. The predicted molar refractivity (Wildman–Crippen MR) is 61.6 cm³/mol. The molecular formula is C11H21N3O2. The van der Waals surface area contributed by atoms with E-state index in [4.69, 9.17) is 5.73 Å². The lowest BCUT2D eigenvalue weighted by Gasteiger charge is -2.30. The summed E-state index contributed by atoms with van der Waals surface area (Å²) in [5, 5.41) is 2.68. The molecule has 0 aromatic heterocycles. The van der Waals surface area contributed by atoms with Crippen LogP contribution in [-0.2, 0) is 9.59 Å². The van der Waals surface area contributed by atoms with Crippen LogP contribution in [0.3, 0.4) is 0 Å². The molecule has 92 valence electrons. The number of hydrogen-bond donors (Lipinski definition) is 2. The Bertz CT molecular complexity index is 289. The Morgan fingerprint density at radius 3 is 2.69 bits per heavy atom. The minimum absolute atomic E-state index is 0.0209. The Balaban J connectivity index is 2.51. The van der Waals surface area contributed by atoms with E-state index in [9.17, 15) is 9.59 Å². The quantitative estimate of drug-likeness (QED) is 0.693. The standard InChI is InChI=1S/C11H21N3O2/c1-11(2,6-12)7-14(3)10(16)8-4-5-9(15)13-8/h8H,4-7,12H2,1-3H3,(H,13,15)/t8-/m0/s1. The Hall–Kier alpha value is -1.10. The zero-order valence-electron chi connectivity index (χ0n) is 10.2. The molecule has 1 atom stereocenters. The first kappa shape index (κ1) is 13.0. The molecule has 1 aliphatic rings. The fraction of sp³-hybridized carbons (Fsp3) is 0.818. The third-order valence-electron chi connectivity index (χ3n) is 2.89. The molecule has 1 fully saturated rings. The number of amides is 2. The van der Waals surface area contributed by atoms with E-state index in [2.05, 4.69) is 5.32 Å². The lowest BCUT2D eigenvalue weighted by Crippen LogP contribution is -2.47. The number of hydrogen-bond acceptors (Lipinski definition) is 3. The average molecular weight is 227 g/mol. The zero-order valence-corrected chi connectivity index (χ0v) is 10.2. The number of nitrogens with one attached hydrogen (secondary N) is 1. The van der Waals surface area contributed by atoms with E-state index in [1.165, 1.54) is 0 Å². The minimum Gasteiger partial charge on any atom is -0.344 e. The Labute approximate surface area is 96.4 Å². The van der Waals surface area contributed by atoms with Crippen molar-refractivity contribution in [1.29, 1.82) is 0 Å². The molecule has 5 nitrogen and oxygen atoms in total. The molecule has 0 aliphatic carbocycles. The van der Waals surface area contributed by atoms with Gasteiger partial charge in [-0.3, -0.25) is 9.59 Å². The summed E-state index contributed by atoms with van der Waals surface area (Å²) < 4.78 is 0. The molecule has 3 N–H and O–H groups in total. The Morgan fingerprint density at radius 1 is 1.62 bits per heavy atom. The summed E-state index contributed by atoms with van der Waals surface area (Å²) in [6.45, 7) is 5.17. The molecule has 1 saturated heterocycles. The van der Waals surface area contributed by atoms with E-state index < -0.39 is 0 Å². The van der Waals surface area contributed by atoms with Crippen molar-refractivity contribution in [2.75, 3.05) is 20.1 Å². The molecule has 16 heavy (non-hydrogen) atoms. The summed E-state index contributed by atoms with van der Waals surface area (Å²) in [5.41, 5.74) is 5.53. The second kappa shape index (κ2) is 4.82. The van der Waals surface area contributed by atoms with Gasteiger partial charge < -0.3 is 16.0 Å². The van der Waals surface area contributed by atoms with Gasteiger partial charge in [-0.15, -0.1) is 0 Å². The van der Waals surface area contributed by atoms with Gasteiger partial charge in [-0.2, -0.15) is 0 Å². The van der Waals surface area contributed by atoms with Crippen LogP contribution in [0.4, 0.5) is 0 Å². The first-order valence-electron chi connectivity index (χ1n) is 5.60. The summed E-state index contributed by atoms with van der Waals surface area (Å²) in [5.74, 6) is -0.0581. The molecule has 0 spiro atoms. The second-order valence-corrected chi connectivity index (χ2v) is 5.22. The number of nitrogens with zero attached hydrogens (tertiary/aromatic N) is 1. The molecule has 1 heterocycles. The summed E-state index contributed by atoms with van der Waals surface area (Å²) in [4.78, 5) is 24.6. The monoisotopic (exact) mass is 227 g/mol. The predicted octanol–water partition coefficient (Wildman–Crippen LogP) is -0.292. The van der Waals surface area contributed by atoms with Crippen LogP contribution >= 0.6 is 0 Å². The molecule has 0 unspecified atom stereocenters. The average Bonchev–Trinajstić information content (AvgIpc) is 2.63. The third kappa shape index (κ3) is 3.20. The van der Waals surface area contributed by atoms with Crippen LogP contribution in [0.1, 0.15) is 26.7 Å². The summed E-state index contributed by atoms with van der Waals surface area (Å²) >= 11 is 0. The Kier molecular flexibility index (Phi) is 3.91. The van der Waals surface area contributed by atoms with Gasteiger partial charge >= 0.3 is 0 Å². The maximum absolute atomic E-state index is 12.0. The summed E-state index contributed by atoms with van der Waals surface area (Å²) in [7, 11) is 1.75. The van der Waals surface area contributed by atoms with Crippen molar-refractivity contribution in [2.24, 2.45) is 11.1 Å². The number of nitrogens with two attached hydrogens (primary N) is 1. The van der Waals surface area contributed by atoms with Crippen LogP contribution in [0.15, 0.2) is 0 Å². The zero-order chi connectivity index (χ0) is 12.3. The smallest absolute Gasteiger partial charge is 0.244 e. The number of carbonyl (C=O) groups excluding carboxylic acids is 2. The number of rotatable bonds is 4. The lowest BCUT2D eigenvalue weighted by molar-refractivity contribution is -0.134. The van der Waals surface area contributed by atoms with Gasteiger partial charge in [-0.1, -0.05) is 13.8 Å². The van der Waals surface area contributed by atoms with E-state index in [0.29, 0.717) is 25.9 Å². The largest absolute Gasteiger partial charge is 0.344 e. The molecule has 0 bridgehead atoms. The van der Waals surface area contributed by atoms with Crippen molar-refractivity contribution in [3.8, 4) is 0 Å². The highest BCUT2D eigenvalue weighted by Gasteiger charge is 2.31. The molecule has 0 radical (unpaired) electrons. The van der Waals surface area contributed by atoms with Crippen LogP contribution in [0, 0.1) is 5.41 Å². The molecule has 0 aromatic rings. The fourth-order valence-electron chi connectivity index (χ4n) is 1.85. The topological polar surface area (TPSA) is 75.4 Å². The summed E-state index contributed by atoms with van der Waals surface area (Å²) in [6.07, 6.45) is 1.05. The van der Waals surface area contributed by atoms with Crippen LogP contribution in [0.5, 0.6) is 0 Å². The van der Waals surface area contributed by atoms with Gasteiger partial charge in [0.1, 0.15) is 6.04 Å². The van der Waals surface area contributed by atoms with E-state index in [1.54, 1.807) is 11.9 Å². The van der Waals surface area contributed by atoms with Gasteiger partial charge in [-0.05, 0) is 18.4 Å². The first-order chi connectivity index (χ1) is 7.35. The van der Waals surface area contributed by atoms with E-state index >= 15 is 0 Å². The van der Waals surface area contributed by atoms with Crippen molar-refractivity contribution >= 4 is 11.8 Å². The molecule has 1 aliphatic heterocycles. The highest BCUT2D eigenvalue weighted by molar-refractivity contribution is 5.90. The van der Waals surface area contributed by atoms with Gasteiger partial charge in [0.05, 0.1) is 0 Å². The van der Waals surface area contributed by atoms with Gasteiger partial charge in [-0.25, -0.2) is 0 Å². The van der Waals surface area contributed by atoms with Gasteiger partial charge in [0.2, 0.25) is 11.8 Å². The SMILES string of the molecule is CN(CC(C)(C)CN)C(=O)[C@@H]1CCC(=O)N1. The van der Waals surface area contributed by atoms with Crippen molar-refractivity contribution in [3.05, 3.63) is 0 Å². The maximum atomic E-state index is 12.0. The fourth-order valence-corrected chi connectivity index (χ4v) is 1.85. The molecular weight excluding hydrogens is 206 g/mol. The molecule has 0 saturated carbocycles. The van der Waals surface area contributed by atoms with Crippen molar-refractivity contribution in [2.45, 2.75) is 32.7 Å². The maximum Gasteiger partial charge on any atom is 0.244 e. The van der Waals surface area contributed by atoms with E-state index in [0.717, 1.165) is 0 Å². The Morgan fingerprint density at radius 2 is 2.25 bits per heavy atom. The van der Waals surface area contributed by atoms with Gasteiger partial charge in [0.25, 0.3) is 0 Å². The second-order valence-electron chi connectivity index (χ2n) is 5.22. The van der Waals surface area contributed by atoms with Crippen LogP contribution < -0.4 is 11.1 Å². The molecule has 1 rings (SSSR count). The number of likely N-dealkylation sites (N-methyl/N-ethyl adjacent to an activating group) is 1. The van der Waals surface area contributed by atoms with Crippen LogP contribution in [-0.4, -0.2) is 42.9 Å². The van der Waals surface area contributed by atoms with E-state index in [-0.39, 0.29) is 23.3 Å². The van der Waals surface area contributed by atoms with Gasteiger partial charge in [0.15, 0.2) is 0 Å². The summed E-state index contributed by atoms with van der Waals surface area (Å²) in [6, 6.07) is -0.342. The first-order valence-corrected chi connectivity index (χ1v) is 5.60. The number of carbonyl (C=O) groups is 2. The molecule has 2 amide bonds. The molecule has 5 heteroatoms. The van der Waals surface area contributed by atoms with Crippen molar-refractivity contribution in [1.82, 2.24) is 10.2 Å². The van der Waals surface area contributed by atoms with Crippen molar-refractivity contribution < 1.29 is 9.59 Å². The van der Waals surface area contributed by atoms with Crippen LogP contribution in [0.25, 0.3) is 0 Å².